The Labute approximate surface area is 413 Å². The van der Waals surface area contributed by atoms with E-state index in [9.17, 15) is 14.4 Å². The van der Waals surface area contributed by atoms with E-state index >= 15 is 0 Å². The molecule has 0 unspecified atom stereocenters. The van der Waals surface area contributed by atoms with Gasteiger partial charge in [0.15, 0.2) is 6.10 Å². The first kappa shape index (κ1) is 63.3. The number of carbonyl (C=O) groups excluding carboxylic acids is 3. The number of hydrogen-bond acceptors (Lipinski definition) is 6. The number of ether oxygens (including phenoxy) is 3. The number of rotatable bonds is 49. The molecule has 0 radical (unpaired) electrons. The zero-order valence-corrected chi connectivity index (χ0v) is 43.6. The molecule has 0 aliphatic heterocycles. The summed E-state index contributed by atoms with van der Waals surface area (Å²) in [5, 5.41) is 0. The molecule has 0 fully saturated rings. The average Bonchev–Trinajstić information content (AvgIpc) is 3.33. The molecule has 6 heteroatoms. The van der Waals surface area contributed by atoms with Crippen LogP contribution in [0.15, 0.2) is 97.2 Å². The topological polar surface area (TPSA) is 78.9 Å². The Hall–Kier alpha value is -3.67. The van der Waals surface area contributed by atoms with Gasteiger partial charge in [0.1, 0.15) is 13.2 Å². The molecule has 0 rings (SSSR count). The molecule has 0 aromatic heterocycles. The standard InChI is InChI=1S/C61H102O6/c1-4-7-10-13-16-19-22-25-28-29-30-31-34-36-39-42-45-48-51-54-60(63)66-57-58(67-61(64)55-52-49-46-43-40-37-33-27-24-21-18-15-12-9-6-3)56-65-59(62)53-50-47-44-41-38-35-32-26-23-20-17-14-11-8-5-2/h16-21,25-28,30-33,36,39,58H,4-15,22-24,29,34-35,37-38,40-57H2,1-3H3/t58-/m1/s1. The van der Waals surface area contributed by atoms with Crippen LogP contribution in [0.4, 0.5) is 0 Å². The van der Waals surface area contributed by atoms with Gasteiger partial charge in [-0.05, 0) is 128 Å². The van der Waals surface area contributed by atoms with Crippen LogP contribution in [0.1, 0.15) is 252 Å². The number of unbranched alkanes of at least 4 members (excludes halogenated alkanes) is 22. The van der Waals surface area contributed by atoms with E-state index in [-0.39, 0.29) is 31.1 Å². The predicted octanol–water partition coefficient (Wildman–Crippen LogP) is 18.5. The molecule has 0 bridgehead atoms. The number of allylic oxidation sites excluding steroid dienone is 16. The highest BCUT2D eigenvalue weighted by atomic mass is 16.6. The molecule has 0 saturated heterocycles. The quantitative estimate of drug-likeness (QED) is 0.0262. The Morgan fingerprint density at radius 1 is 0.299 bits per heavy atom. The predicted molar refractivity (Wildman–Crippen MR) is 288 cm³/mol. The monoisotopic (exact) mass is 931 g/mol. The van der Waals surface area contributed by atoms with Crippen LogP contribution in [-0.2, 0) is 28.6 Å². The number of hydrogen-bond donors (Lipinski definition) is 0. The Balaban J connectivity index is 4.50. The summed E-state index contributed by atoms with van der Waals surface area (Å²) in [5.41, 5.74) is 0. The molecule has 382 valence electrons. The molecule has 6 nitrogen and oxygen atoms in total. The molecule has 0 aromatic carbocycles. The van der Waals surface area contributed by atoms with Crippen LogP contribution in [0, 0.1) is 0 Å². The maximum Gasteiger partial charge on any atom is 0.306 e. The summed E-state index contributed by atoms with van der Waals surface area (Å²) in [6.07, 6.45) is 72.4. The summed E-state index contributed by atoms with van der Waals surface area (Å²) in [7, 11) is 0. The van der Waals surface area contributed by atoms with Gasteiger partial charge < -0.3 is 14.2 Å². The Kier molecular flexibility index (Phi) is 51.9. The lowest BCUT2D eigenvalue weighted by Gasteiger charge is -2.18. The Morgan fingerprint density at radius 3 is 0.851 bits per heavy atom. The van der Waals surface area contributed by atoms with Crippen molar-refractivity contribution in [3.05, 3.63) is 97.2 Å². The van der Waals surface area contributed by atoms with E-state index in [1.165, 1.54) is 77.0 Å². The summed E-state index contributed by atoms with van der Waals surface area (Å²) in [5.74, 6) is -0.960. The van der Waals surface area contributed by atoms with Crippen LogP contribution >= 0.6 is 0 Å². The fraction of sp³-hybridized carbons (Fsp3) is 0.689. The van der Waals surface area contributed by atoms with Crippen molar-refractivity contribution in [3.8, 4) is 0 Å². The molecule has 0 heterocycles. The number of carbonyl (C=O) groups is 3. The van der Waals surface area contributed by atoms with Gasteiger partial charge in [0.25, 0.3) is 0 Å². The maximum absolute atomic E-state index is 12.8. The third-order valence-electron chi connectivity index (χ3n) is 11.5. The minimum atomic E-state index is -0.805. The van der Waals surface area contributed by atoms with E-state index < -0.39 is 6.10 Å². The van der Waals surface area contributed by atoms with Gasteiger partial charge in [-0.1, -0.05) is 201 Å². The zero-order chi connectivity index (χ0) is 48.6. The Morgan fingerprint density at radius 2 is 0.537 bits per heavy atom. The lowest BCUT2D eigenvalue weighted by Crippen LogP contribution is -2.30. The van der Waals surface area contributed by atoms with Gasteiger partial charge in [0.05, 0.1) is 0 Å². The Bertz CT molecular complexity index is 1350. The molecule has 0 aliphatic rings. The molecule has 1 atom stereocenters. The van der Waals surface area contributed by atoms with Crippen molar-refractivity contribution < 1.29 is 28.6 Å². The van der Waals surface area contributed by atoms with E-state index in [0.717, 1.165) is 135 Å². The van der Waals surface area contributed by atoms with E-state index in [1.54, 1.807) is 0 Å². The summed E-state index contributed by atoms with van der Waals surface area (Å²) < 4.78 is 16.8. The zero-order valence-electron chi connectivity index (χ0n) is 43.6. The minimum Gasteiger partial charge on any atom is -0.462 e. The second-order valence-electron chi connectivity index (χ2n) is 18.1. The largest absolute Gasteiger partial charge is 0.462 e. The van der Waals surface area contributed by atoms with Crippen LogP contribution in [0.2, 0.25) is 0 Å². The van der Waals surface area contributed by atoms with Crippen molar-refractivity contribution in [2.75, 3.05) is 13.2 Å². The molecule has 0 spiro atoms. The first-order chi connectivity index (χ1) is 33.0. The van der Waals surface area contributed by atoms with Gasteiger partial charge in [-0.15, -0.1) is 0 Å². The molecule has 0 aromatic rings. The third kappa shape index (κ3) is 53.2. The second-order valence-corrected chi connectivity index (χ2v) is 18.1. The highest BCUT2D eigenvalue weighted by Crippen LogP contribution is 2.13. The molecule has 0 amide bonds. The van der Waals surface area contributed by atoms with Gasteiger partial charge >= 0.3 is 17.9 Å². The van der Waals surface area contributed by atoms with Crippen LogP contribution in [0.5, 0.6) is 0 Å². The van der Waals surface area contributed by atoms with Crippen LogP contribution in [-0.4, -0.2) is 37.2 Å². The van der Waals surface area contributed by atoms with Crippen LogP contribution < -0.4 is 0 Å². The van der Waals surface area contributed by atoms with Gasteiger partial charge in [0, 0.05) is 19.3 Å². The molecule has 0 saturated carbocycles. The van der Waals surface area contributed by atoms with E-state index in [2.05, 4.69) is 118 Å². The normalized spacial score (nSPS) is 12.8. The SMILES string of the molecule is CCCCCC=CCC=CCC=CCC=CCCCCCC(=O)OC[C@@H](COC(=O)CCCCCCCC=CCC=CCCCCC)OC(=O)CCCCCCCC=CCC=CCCCCC. The molecular formula is C61H102O6. The van der Waals surface area contributed by atoms with Crippen LogP contribution in [0.25, 0.3) is 0 Å². The van der Waals surface area contributed by atoms with Gasteiger partial charge in [0.2, 0.25) is 0 Å². The first-order valence-corrected chi connectivity index (χ1v) is 27.7. The van der Waals surface area contributed by atoms with E-state index in [1.807, 2.05) is 0 Å². The van der Waals surface area contributed by atoms with Crippen molar-refractivity contribution in [3.63, 3.8) is 0 Å². The van der Waals surface area contributed by atoms with Crippen LogP contribution in [0.3, 0.4) is 0 Å². The molecular weight excluding hydrogens is 829 g/mol. The lowest BCUT2D eigenvalue weighted by atomic mass is 10.1. The fourth-order valence-corrected chi connectivity index (χ4v) is 7.31. The molecule has 0 N–H and O–H groups in total. The van der Waals surface area contributed by atoms with Crippen molar-refractivity contribution in [2.45, 2.75) is 258 Å². The average molecular weight is 931 g/mol. The summed E-state index contributed by atoms with van der Waals surface area (Å²) in [6.45, 7) is 6.50. The fourth-order valence-electron chi connectivity index (χ4n) is 7.31. The van der Waals surface area contributed by atoms with Gasteiger partial charge in [-0.2, -0.15) is 0 Å². The first-order valence-electron chi connectivity index (χ1n) is 27.7. The smallest absolute Gasteiger partial charge is 0.306 e. The third-order valence-corrected chi connectivity index (χ3v) is 11.5. The minimum absolute atomic E-state index is 0.102. The second kappa shape index (κ2) is 54.9. The van der Waals surface area contributed by atoms with E-state index in [0.29, 0.717) is 19.3 Å². The van der Waals surface area contributed by atoms with Crippen molar-refractivity contribution in [1.29, 1.82) is 0 Å². The van der Waals surface area contributed by atoms with Crippen molar-refractivity contribution in [1.82, 2.24) is 0 Å². The highest BCUT2D eigenvalue weighted by Gasteiger charge is 2.19. The lowest BCUT2D eigenvalue weighted by molar-refractivity contribution is -0.167. The summed E-state index contributed by atoms with van der Waals surface area (Å²) >= 11 is 0. The van der Waals surface area contributed by atoms with Gasteiger partial charge in [-0.25, -0.2) is 0 Å². The highest BCUT2D eigenvalue weighted by molar-refractivity contribution is 5.71. The number of esters is 3. The van der Waals surface area contributed by atoms with E-state index in [4.69, 9.17) is 14.2 Å². The maximum atomic E-state index is 12.8. The molecule has 67 heavy (non-hydrogen) atoms. The van der Waals surface area contributed by atoms with Gasteiger partial charge in [-0.3, -0.25) is 14.4 Å². The van der Waals surface area contributed by atoms with Crippen molar-refractivity contribution in [2.24, 2.45) is 0 Å². The molecule has 0 aliphatic carbocycles. The summed E-state index contributed by atoms with van der Waals surface area (Å²) in [6, 6.07) is 0. The summed E-state index contributed by atoms with van der Waals surface area (Å²) in [4.78, 5) is 38.1. The van der Waals surface area contributed by atoms with Crippen molar-refractivity contribution >= 4 is 17.9 Å².